The summed E-state index contributed by atoms with van der Waals surface area (Å²) in [4.78, 5) is 27.6. The molecule has 0 aliphatic carbocycles. The molecule has 5 aromatic rings. The number of amidine groups is 1. The smallest absolute Gasteiger partial charge is 0.243 e. The summed E-state index contributed by atoms with van der Waals surface area (Å²) in [6, 6.07) is 22.3. The first-order valence-corrected chi connectivity index (χ1v) is 16.6. The molecule has 1 aliphatic rings. The van der Waals surface area contributed by atoms with Gasteiger partial charge in [-0.1, -0.05) is 89.3 Å². The Morgan fingerprint density at radius 2 is 1.54 bits per heavy atom. The minimum atomic E-state index is -1.62. The second-order valence-corrected chi connectivity index (χ2v) is 12.8. The van der Waals surface area contributed by atoms with Crippen molar-refractivity contribution in [3.63, 3.8) is 0 Å². The van der Waals surface area contributed by atoms with Gasteiger partial charge in [-0.05, 0) is 22.3 Å². The number of carbonyl (C=O) groups excluding carboxylic acids is 2. The predicted molar refractivity (Wildman–Crippen MR) is 179 cm³/mol. The van der Waals surface area contributed by atoms with Gasteiger partial charge in [0.2, 0.25) is 11.8 Å². The number of nitrogens with zero attached hydrogens (tertiary/aromatic N) is 6. The average Bonchev–Trinajstić information content (AvgIpc) is 3.72. The summed E-state index contributed by atoms with van der Waals surface area (Å²) in [6.45, 7) is 1.11. The van der Waals surface area contributed by atoms with Crippen molar-refractivity contribution in [1.29, 1.82) is 5.41 Å². The van der Waals surface area contributed by atoms with Crippen molar-refractivity contribution in [1.82, 2.24) is 45.3 Å². The molecular weight excluding hydrogens is 631 g/mol. The van der Waals surface area contributed by atoms with Crippen LogP contribution in [0.15, 0.2) is 91.3 Å². The quantitative estimate of drug-likeness (QED) is 0.119. The normalized spacial score (nSPS) is 17.1. The standard InChI is InChI=1S/C33H35N11O3S/c34-31(35)26-11-9-22(10-12-26)16-36-32(45)29-14-27-19-43(41-38-27)17-24-7-4-8-25(13-24)18-44-20-28(39-42-44)15-30(33(46)37-29)40-48(47)21-23-5-2-1-3-6-23/h1-13,19-20,29-30,40H,14-18,21H2,(H3,34,35)(H,36,45)(H,37,46). The molecule has 6 N–H and O–H groups in total. The largest absolute Gasteiger partial charge is 0.384 e. The molecule has 3 heterocycles. The van der Waals surface area contributed by atoms with Gasteiger partial charge in [0.05, 0.1) is 41.2 Å². The minimum Gasteiger partial charge on any atom is -0.384 e. The number of nitrogen functional groups attached to an aromatic ring is 1. The molecular formula is C33H35N11O3S. The van der Waals surface area contributed by atoms with Gasteiger partial charge in [0.25, 0.3) is 0 Å². The van der Waals surface area contributed by atoms with Gasteiger partial charge in [0.1, 0.15) is 17.9 Å². The first-order chi connectivity index (χ1) is 23.3. The van der Waals surface area contributed by atoms with Crippen molar-refractivity contribution in [2.24, 2.45) is 5.73 Å². The number of hydrogen-bond acceptors (Lipinski definition) is 8. The number of rotatable bonds is 8. The zero-order valence-electron chi connectivity index (χ0n) is 26.0. The van der Waals surface area contributed by atoms with E-state index in [0.29, 0.717) is 30.0 Å². The van der Waals surface area contributed by atoms with Gasteiger partial charge >= 0.3 is 0 Å². The zero-order valence-corrected chi connectivity index (χ0v) is 26.8. The Kier molecular flexibility index (Phi) is 10.1. The van der Waals surface area contributed by atoms with E-state index in [4.69, 9.17) is 11.1 Å². The van der Waals surface area contributed by atoms with E-state index in [1.54, 1.807) is 46.0 Å². The zero-order chi connectivity index (χ0) is 33.5. The van der Waals surface area contributed by atoms with Gasteiger partial charge in [-0.15, -0.1) is 10.2 Å². The Labute approximate surface area is 279 Å². The van der Waals surface area contributed by atoms with E-state index in [2.05, 4.69) is 42.0 Å². The summed E-state index contributed by atoms with van der Waals surface area (Å²) in [5, 5.41) is 30.5. The van der Waals surface area contributed by atoms with Crippen LogP contribution in [0.4, 0.5) is 0 Å². The Balaban J connectivity index is 1.27. The van der Waals surface area contributed by atoms with E-state index < -0.39 is 34.9 Å². The van der Waals surface area contributed by atoms with E-state index in [1.165, 1.54) is 0 Å². The molecule has 15 heteroatoms. The molecule has 0 saturated heterocycles. The lowest BCUT2D eigenvalue weighted by atomic mass is 10.1. The minimum absolute atomic E-state index is 0.0499. The highest BCUT2D eigenvalue weighted by atomic mass is 32.2. The molecule has 2 amide bonds. The van der Waals surface area contributed by atoms with Crippen LogP contribution >= 0.6 is 0 Å². The van der Waals surface area contributed by atoms with Crippen molar-refractivity contribution in [3.8, 4) is 0 Å². The fourth-order valence-corrected chi connectivity index (χ4v) is 6.43. The van der Waals surface area contributed by atoms with Crippen LogP contribution in [0.25, 0.3) is 0 Å². The predicted octanol–water partition coefficient (Wildman–Crippen LogP) is 0.972. The van der Waals surface area contributed by atoms with Crippen LogP contribution in [-0.4, -0.2) is 63.9 Å². The lowest BCUT2D eigenvalue weighted by Crippen LogP contribution is -2.54. The van der Waals surface area contributed by atoms with Crippen LogP contribution < -0.4 is 21.1 Å². The van der Waals surface area contributed by atoms with Gasteiger partial charge in [0, 0.05) is 37.3 Å². The molecule has 1 aliphatic heterocycles. The highest BCUT2D eigenvalue weighted by molar-refractivity contribution is 7.82. The van der Waals surface area contributed by atoms with Crippen LogP contribution in [-0.2, 0) is 58.8 Å². The number of fused-ring (bicyclic) bond motifs is 6. The molecule has 0 spiro atoms. The lowest BCUT2D eigenvalue weighted by Gasteiger charge is -2.22. The summed E-state index contributed by atoms with van der Waals surface area (Å²) in [7, 11) is -1.62. The lowest BCUT2D eigenvalue weighted by molar-refractivity contribution is -0.129. The summed E-state index contributed by atoms with van der Waals surface area (Å²) in [5.41, 5.74) is 10.8. The van der Waals surface area contributed by atoms with Crippen LogP contribution in [0.3, 0.4) is 0 Å². The monoisotopic (exact) mass is 665 g/mol. The molecule has 0 fully saturated rings. The van der Waals surface area contributed by atoms with Crippen molar-refractivity contribution in [3.05, 3.63) is 130 Å². The van der Waals surface area contributed by atoms with Crippen molar-refractivity contribution < 1.29 is 13.8 Å². The van der Waals surface area contributed by atoms with Gasteiger partial charge in [-0.2, -0.15) is 0 Å². The van der Waals surface area contributed by atoms with Crippen LogP contribution in [0, 0.1) is 5.41 Å². The van der Waals surface area contributed by atoms with Gasteiger partial charge in [0.15, 0.2) is 0 Å². The molecule has 48 heavy (non-hydrogen) atoms. The Morgan fingerprint density at radius 1 is 0.896 bits per heavy atom. The third kappa shape index (κ3) is 8.63. The molecule has 0 saturated carbocycles. The maximum atomic E-state index is 13.9. The van der Waals surface area contributed by atoms with Gasteiger partial charge < -0.3 is 16.4 Å². The molecule has 246 valence electrons. The van der Waals surface area contributed by atoms with E-state index in [9.17, 15) is 13.8 Å². The summed E-state index contributed by atoms with van der Waals surface area (Å²) >= 11 is 0. The van der Waals surface area contributed by atoms with Gasteiger partial charge in [-0.25, -0.2) is 18.3 Å². The van der Waals surface area contributed by atoms with Crippen LogP contribution in [0.2, 0.25) is 0 Å². The maximum Gasteiger partial charge on any atom is 0.243 e. The number of nitrogens with two attached hydrogens (primary N) is 1. The number of hydrogen-bond donors (Lipinski definition) is 5. The number of aromatic nitrogens is 6. The summed E-state index contributed by atoms with van der Waals surface area (Å²) in [6.07, 6.45) is 3.67. The summed E-state index contributed by atoms with van der Waals surface area (Å²) < 4.78 is 19.6. The molecule has 3 aromatic carbocycles. The topological polar surface area (TPSA) is 199 Å². The van der Waals surface area contributed by atoms with Crippen molar-refractivity contribution in [2.45, 2.75) is 50.3 Å². The third-order valence-electron chi connectivity index (χ3n) is 7.77. The first-order valence-electron chi connectivity index (χ1n) is 15.3. The Morgan fingerprint density at radius 3 is 2.19 bits per heavy atom. The number of benzene rings is 3. The first kappa shape index (κ1) is 32.4. The molecule has 0 radical (unpaired) electrons. The Bertz CT molecular complexity index is 1920. The SMILES string of the molecule is N=C(N)c1ccc(CNC(=O)C2Cc3cn(nn3)Cc3cccc(c3)Cn3cc(nn3)CC(NS(=O)Cc3ccccc3)C(=O)N2)cc1. The molecule has 3 atom stereocenters. The second-order valence-electron chi connectivity index (χ2n) is 11.6. The highest BCUT2D eigenvalue weighted by Gasteiger charge is 2.29. The Hall–Kier alpha value is -5.54. The molecule has 6 rings (SSSR count). The van der Waals surface area contributed by atoms with Crippen LogP contribution in [0.1, 0.15) is 39.2 Å². The van der Waals surface area contributed by atoms with E-state index in [-0.39, 0.29) is 31.0 Å². The molecule has 3 unspecified atom stereocenters. The summed E-state index contributed by atoms with van der Waals surface area (Å²) in [5.74, 6) is -0.830. The second kappa shape index (κ2) is 14.9. The number of amides is 2. The van der Waals surface area contributed by atoms with E-state index in [1.807, 2.05) is 48.5 Å². The van der Waals surface area contributed by atoms with E-state index >= 15 is 0 Å². The van der Waals surface area contributed by atoms with Crippen molar-refractivity contribution >= 4 is 28.6 Å². The fraction of sp³-hybridized carbons (Fsp3) is 0.242. The fourth-order valence-electron chi connectivity index (χ4n) is 5.35. The molecule has 6 bridgehead atoms. The van der Waals surface area contributed by atoms with Gasteiger partial charge in [-0.3, -0.25) is 15.0 Å². The average molecular weight is 666 g/mol. The highest BCUT2D eigenvalue weighted by Crippen LogP contribution is 2.12. The third-order valence-corrected chi connectivity index (χ3v) is 8.92. The number of carbonyl (C=O) groups is 2. The van der Waals surface area contributed by atoms with Crippen LogP contribution in [0.5, 0.6) is 0 Å². The van der Waals surface area contributed by atoms with E-state index in [0.717, 1.165) is 22.3 Å². The number of nitrogens with one attached hydrogen (secondary N) is 4. The molecule has 14 nitrogen and oxygen atoms in total. The van der Waals surface area contributed by atoms with Crippen molar-refractivity contribution in [2.75, 3.05) is 0 Å². The maximum absolute atomic E-state index is 13.9. The molecule has 2 aromatic heterocycles.